The molecule has 0 N–H and O–H groups in total. The van der Waals surface area contributed by atoms with E-state index < -0.39 is 5.97 Å². The Bertz CT molecular complexity index is 698. The van der Waals surface area contributed by atoms with Gasteiger partial charge in [0.1, 0.15) is 0 Å². The molecular weight excluding hydrogens is 250 g/mol. The number of rotatable bonds is 2. The van der Waals surface area contributed by atoms with E-state index in [9.17, 15) is 4.79 Å². The molecule has 1 aliphatic rings. The Hall–Kier alpha value is -2.68. The highest BCUT2D eigenvalue weighted by Crippen LogP contribution is 2.21. The van der Waals surface area contributed by atoms with Crippen molar-refractivity contribution in [2.45, 2.75) is 6.92 Å². The number of hydrogen-bond acceptors (Lipinski definition) is 3. The molecule has 3 heteroatoms. The highest BCUT2D eigenvalue weighted by atomic mass is 16.6. The molecule has 0 bridgehead atoms. The highest BCUT2D eigenvalue weighted by molar-refractivity contribution is 6.06. The maximum absolute atomic E-state index is 11.5. The van der Waals surface area contributed by atoms with Gasteiger partial charge in [-0.1, -0.05) is 54.6 Å². The summed E-state index contributed by atoms with van der Waals surface area (Å²) in [7, 11) is 0. The summed E-state index contributed by atoms with van der Waals surface area (Å²) in [6.45, 7) is 1.66. The van der Waals surface area contributed by atoms with Crippen LogP contribution in [0.4, 0.5) is 0 Å². The second kappa shape index (κ2) is 5.13. The van der Waals surface area contributed by atoms with Crippen LogP contribution in [0.15, 0.2) is 65.3 Å². The zero-order valence-electron chi connectivity index (χ0n) is 11.0. The van der Waals surface area contributed by atoms with E-state index in [0.717, 1.165) is 11.1 Å². The van der Waals surface area contributed by atoms with Crippen molar-refractivity contribution >= 4 is 17.9 Å². The first-order valence-corrected chi connectivity index (χ1v) is 6.37. The fourth-order valence-electron chi connectivity index (χ4n) is 2.08. The van der Waals surface area contributed by atoms with E-state index in [2.05, 4.69) is 17.1 Å². The number of aliphatic imine (C=N–C) groups is 1. The molecule has 2 aromatic rings. The average molecular weight is 263 g/mol. The molecule has 20 heavy (non-hydrogen) atoms. The van der Waals surface area contributed by atoms with E-state index in [-0.39, 0.29) is 0 Å². The second-order valence-corrected chi connectivity index (χ2v) is 4.54. The molecule has 98 valence electrons. The van der Waals surface area contributed by atoms with Crippen molar-refractivity contribution in [3.8, 4) is 11.1 Å². The van der Waals surface area contributed by atoms with Crippen LogP contribution in [0, 0.1) is 0 Å². The van der Waals surface area contributed by atoms with E-state index >= 15 is 0 Å². The fourth-order valence-corrected chi connectivity index (χ4v) is 2.08. The van der Waals surface area contributed by atoms with Crippen LogP contribution < -0.4 is 0 Å². The molecule has 1 aliphatic heterocycles. The summed E-state index contributed by atoms with van der Waals surface area (Å²) < 4.78 is 4.88. The summed E-state index contributed by atoms with van der Waals surface area (Å²) in [5.74, 6) is -0.00297. The summed E-state index contributed by atoms with van der Waals surface area (Å²) in [4.78, 5) is 15.5. The number of esters is 1. The van der Waals surface area contributed by atoms with Crippen LogP contribution in [0.25, 0.3) is 17.2 Å². The van der Waals surface area contributed by atoms with Gasteiger partial charge >= 0.3 is 5.97 Å². The predicted octanol–water partition coefficient (Wildman–Crippen LogP) is 3.67. The zero-order valence-corrected chi connectivity index (χ0v) is 11.0. The lowest BCUT2D eigenvalue weighted by Gasteiger charge is -2.01. The molecule has 0 spiro atoms. The minimum atomic E-state index is -0.394. The predicted molar refractivity (Wildman–Crippen MR) is 79.1 cm³/mol. The summed E-state index contributed by atoms with van der Waals surface area (Å²) in [5, 5.41) is 0. The van der Waals surface area contributed by atoms with Crippen LogP contribution in [-0.4, -0.2) is 11.9 Å². The van der Waals surface area contributed by atoms with Crippen LogP contribution in [0.2, 0.25) is 0 Å². The van der Waals surface area contributed by atoms with Crippen LogP contribution in [0.3, 0.4) is 0 Å². The van der Waals surface area contributed by atoms with Gasteiger partial charge < -0.3 is 4.74 Å². The Labute approximate surface area is 117 Å². The normalized spacial score (nSPS) is 16.1. The molecule has 1 heterocycles. The molecule has 0 aromatic heterocycles. The molecule has 0 aliphatic carbocycles. The molecule has 3 rings (SSSR count). The first-order chi connectivity index (χ1) is 9.72. The summed E-state index contributed by atoms with van der Waals surface area (Å²) >= 11 is 0. The number of carbonyl (C=O) groups excluding carboxylic acids is 1. The van der Waals surface area contributed by atoms with Crippen LogP contribution in [-0.2, 0) is 9.53 Å². The molecule has 0 saturated carbocycles. The van der Waals surface area contributed by atoms with Crippen molar-refractivity contribution in [3.63, 3.8) is 0 Å². The first-order valence-electron chi connectivity index (χ1n) is 6.37. The Morgan fingerprint density at radius 2 is 1.60 bits per heavy atom. The van der Waals surface area contributed by atoms with Gasteiger partial charge in [0, 0.05) is 6.92 Å². The maximum atomic E-state index is 11.5. The highest BCUT2D eigenvalue weighted by Gasteiger charge is 2.19. The Balaban J connectivity index is 1.88. The number of cyclic esters (lactones) is 1. The fraction of sp³-hybridized carbons (Fsp3) is 0.0588. The van der Waals surface area contributed by atoms with Crippen molar-refractivity contribution in [1.29, 1.82) is 0 Å². The standard InChI is InChI=1S/C17H13NO2/c1-12-18-16(17(19)20-12)11-13-7-9-15(10-8-13)14-5-3-2-4-6-14/h2-11H,1H3/b16-11+. The minimum absolute atomic E-state index is 0.343. The van der Waals surface area contributed by atoms with Crippen molar-refractivity contribution in [2.75, 3.05) is 0 Å². The lowest BCUT2D eigenvalue weighted by Crippen LogP contribution is -1.99. The Morgan fingerprint density at radius 3 is 2.20 bits per heavy atom. The van der Waals surface area contributed by atoms with E-state index in [0.29, 0.717) is 11.6 Å². The van der Waals surface area contributed by atoms with E-state index in [1.165, 1.54) is 5.56 Å². The Morgan fingerprint density at radius 1 is 0.950 bits per heavy atom. The molecular formula is C17H13NO2. The molecule has 0 unspecified atom stereocenters. The van der Waals surface area contributed by atoms with E-state index in [1.807, 2.05) is 42.5 Å². The smallest absolute Gasteiger partial charge is 0.363 e. The average Bonchev–Trinajstić information content (AvgIpc) is 2.79. The Kier molecular flexibility index (Phi) is 3.17. The van der Waals surface area contributed by atoms with Gasteiger partial charge in [0.2, 0.25) is 0 Å². The largest absolute Gasteiger partial charge is 0.407 e. The monoisotopic (exact) mass is 263 g/mol. The van der Waals surface area contributed by atoms with Gasteiger partial charge in [-0.2, -0.15) is 0 Å². The molecule has 0 radical (unpaired) electrons. The van der Waals surface area contributed by atoms with Crippen molar-refractivity contribution < 1.29 is 9.53 Å². The van der Waals surface area contributed by atoms with E-state index in [1.54, 1.807) is 13.0 Å². The van der Waals surface area contributed by atoms with Crippen LogP contribution in [0.5, 0.6) is 0 Å². The molecule has 2 aromatic carbocycles. The van der Waals surface area contributed by atoms with Gasteiger partial charge in [0.15, 0.2) is 11.6 Å². The number of nitrogens with zero attached hydrogens (tertiary/aromatic N) is 1. The number of ether oxygens (including phenoxy) is 1. The van der Waals surface area contributed by atoms with E-state index in [4.69, 9.17) is 4.74 Å². The third kappa shape index (κ3) is 2.52. The van der Waals surface area contributed by atoms with Gasteiger partial charge in [0.05, 0.1) is 0 Å². The summed E-state index contributed by atoms with van der Waals surface area (Å²) in [6.07, 6.45) is 1.73. The summed E-state index contributed by atoms with van der Waals surface area (Å²) in [6, 6.07) is 18.1. The molecule has 0 saturated heterocycles. The number of benzene rings is 2. The second-order valence-electron chi connectivity index (χ2n) is 4.54. The SMILES string of the molecule is CC1=N/C(=C/c2ccc(-c3ccccc3)cc2)C(=O)O1. The van der Waals surface area contributed by atoms with Crippen molar-refractivity contribution in [1.82, 2.24) is 0 Å². The molecule has 0 atom stereocenters. The quantitative estimate of drug-likeness (QED) is 0.612. The lowest BCUT2D eigenvalue weighted by molar-refractivity contribution is -0.130. The first kappa shape index (κ1) is 12.4. The van der Waals surface area contributed by atoms with Gasteiger partial charge in [0.25, 0.3) is 0 Å². The number of carbonyl (C=O) groups is 1. The minimum Gasteiger partial charge on any atom is -0.407 e. The summed E-state index contributed by atoms with van der Waals surface area (Å²) in [5.41, 5.74) is 3.58. The third-order valence-corrected chi connectivity index (χ3v) is 3.05. The van der Waals surface area contributed by atoms with Gasteiger partial charge in [-0.15, -0.1) is 0 Å². The molecule has 0 amide bonds. The topological polar surface area (TPSA) is 38.7 Å². The van der Waals surface area contributed by atoms with Crippen LogP contribution in [0.1, 0.15) is 12.5 Å². The van der Waals surface area contributed by atoms with Gasteiger partial charge in [-0.05, 0) is 22.8 Å². The maximum Gasteiger partial charge on any atom is 0.363 e. The molecule has 3 nitrogen and oxygen atoms in total. The van der Waals surface area contributed by atoms with Crippen molar-refractivity contribution in [3.05, 3.63) is 65.9 Å². The van der Waals surface area contributed by atoms with Gasteiger partial charge in [-0.3, -0.25) is 0 Å². The molecule has 0 fully saturated rings. The zero-order chi connectivity index (χ0) is 13.9. The lowest BCUT2D eigenvalue weighted by atomic mass is 10.0. The third-order valence-electron chi connectivity index (χ3n) is 3.05. The van der Waals surface area contributed by atoms with Gasteiger partial charge in [-0.25, -0.2) is 9.79 Å². The van der Waals surface area contributed by atoms with Crippen LogP contribution >= 0.6 is 0 Å². The number of hydrogen-bond donors (Lipinski definition) is 0. The van der Waals surface area contributed by atoms with Crippen molar-refractivity contribution in [2.24, 2.45) is 4.99 Å².